The maximum absolute atomic E-state index is 12.7. The van der Waals surface area contributed by atoms with Crippen molar-refractivity contribution in [3.63, 3.8) is 0 Å². The first-order valence-corrected chi connectivity index (χ1v) is 6.55. The van der Waals surface area contributed by atoms with Crippen LogP contribution >= 0.6 is 0 Å². The van der Waals surface area contributed by atoms with Crippen LogP contribution in [-0.2, 0) is 9.53 Å². The first-order chi connectivity index (χ1) is 9.66. The molecule has 0 N–H and O–H groups in total. The minimum atomic E-state index is -0.348. The van der Waals surface area contributed by atoms with Crippen molar-refractivity contribution in [1.82, 2.24) is 0 Å². The highest BCUT2D eigenvalue weighted by atomic mass is 16.5. The van der Waals surface area contributed by atoms with Gasteiger partial charge in [0.25, 0.3) is 0 Å². The van der Waals surface area contributed by atoms with Gasteiger partial charge in [-0.05, 0) is 23.8 Å². The number of hydrogen-bond acceptors (Lipinski definition) is 3. The zero-order chi connectivity index (χ0) is 14.1. The lowest BCUT2D eigenvalue weighted by molar-refractivity contribution is -0.121. The van der Waals surface area contributed by atoms with Crippen LogP contribution in [0.25, 0.3) is 10.8 Å². The van der Waals surface area contributed by atoms with Gasteiger partial charge in [0.2, 0.25) is 0 Å². The van der Waals surface area contributed by atoms with Crippen LogP contribution in [0.4, 0.5) is 0 Å². The lowest BCUT2D eigenvalue weighted by Gasteiger charge is -2.20. The Morgan fingerprint density at radius 1 is 1.15 bits per heavy atom. The average Bonchev–Trinajstić information content (AvgIpc) is 2.48. The van der Waals surface area contributed by atoms with Gasteiger partial charge in [-0.25, -0.2) is 0 Å². The standard InChI is InChI=1S/C17H14O3/c1-11-16(9-13(18)10-20-11)17(19)15-8-4-6-12-5-2-3-7-14(12)15/h2-9,11H,10H2,1H3. The molecule has 2 aromatic carbocycles. The van der Waals surface area contributed by atoms with Crippen LogP contribution in [0.1, 0.15) is 17.3 Å². The van der Waals surface area contributed by atoms with Crippen molar-refractivity contribution >= 4 is 22.3 Å². The number of ketones is 2. The molecule has 0 aliphatic carbocycles. The van der Waals surface area contributed by atoms with E-state index in [1.165, 1.54) is 6.08 Å². The average molecular weight is 266 g/mol. The van der Waals surface area contributed by atoms with E-state index >= 15 is 0 Å². The highest BCUT2D eigenvalue weighted by molar-refractivity contribution is 6.18. The molecule has 0 radical (unpaired) electrons. The van der Waals surface area contributed by atoms with E-state index in [-0.39, 0.29) is 24.3 Å². The van der Waals surface area contributed by atoms with Crippen LogP contribution in [0.3, 0.4) is 0 Å². The molecule has 100 valence electrons. The molecule has 1 atom stereocenters. The monoisotopic (exact) mass is 266 g/mol. The van der Waals surface area contributed by atoms with Gasteiger partial charge in [-0.3, -0.25) is 9.59 Å². The number of Topliss-reactive ketones (excluding diaryl/α,β-unsaturated/α-hetero) is 1. The molecule has 0 aromatic heterocycles. The molecule has 3 nitrogen and oxygen atoms in total. The Hall–Kier alpha value is -2.26. The van der Waals surface area contributed by atoms with Crippen molar-refractivity contribution in [3.05, 3.63) is 59.7 Å². The summed E-state index contributed by atoms with van der Waals surface area (Å²) in [5.74, 6) is -0.297. The van der Waals surface area contributed by atoms with E-state index in [4.69, 9.17) is 4.74 Å². The minimum absolute atomic E-state index is 0.0491. The largest absolute Gasteiger partial charge is 0.366 e. The summed E-state index contributed by atoms with van der Waals surface area (Å²) in [6.45, 7) is 1.84. The van der Waals surface area contributed by atoms with Crippen molar-refractivity contribution in [1.29, 1.82) is 0 Å². The summed E-state index contributed by atoms with van der Waals surface area (Å²) in [5, 5.41) is 1.90. The first kappa shape index (κ1) is 12.8. The fourth-order valence-corrected chi connectivity index (χ4v) is 2.46. The van der Waals surface area contributed by atoms with Crippen LogP contribution in [-0.4, -0.2) is 24.3 Å². The van der Waals surface area contributed by atoms with E-state index < -0.39 is 0 Å². The van der Waals surface area contributed by atoms with Crippen molar-refractivity contribution in [2.24, 2.45) is 0 Å². The lowest BCUT2D eigenvalue weighted by Crippen LogP contribution is -2.27. The van der Waals surface area contributed by atoms with Gasteiger partial charge in [-0.1, -0.05) is 42.5 Å². The zero-order valence-electron chi connectivity index (χ0n) is 11.1. The van der Waals surface area contributed by atoms with E-state index in [0.29, 0.717) is 11.1 Å². The van der Waals surface area contributed by atoms with E-state index in [1.54, 1.807) is 13.0 Å². The van der Waals surface area contributed by atoms with Crippen molar-refractivity contribution in [2.45, 2.75) is 13.0 Å². The summed E-state index contributed by atoms with van der Waals surface area (Å²) in [4.78, 5) is 24.1. The van der Waals surface area contributed by atoms with Crippen LogP contribution < -0.4 is 0 Å². The molecule has 1 heterocycles. The SMILES string of the molecule is CC1OCC(=O)C=C1C(=O)c1cccc2ccccc12. The number of carbonyl (C=O) groups is 2. The van der Waals surface area contributed by atoms with Gasteiger partial charge in [-0.2, -0.15) is 0 Å². The number of carbonyl (C=O) groups excluding carboxylic acids is 2. The number of rotatable bonds is 2. The Balaban J connectivity index is 2.11. The molecule has 0 spiro atoms. The van der Waals surface area contributed by atoms with Gasteiger partial charge < -0.3 is 4.74 Å². The van der Waals surface area contributed by atoms with Gasteiger partial charge in [-0.15, -0.1) is 0 Å². The molecular formula is C17H14O3. The molecule has 0 amide bonds. The second-order valence-corrected chi connectivity index (χ2v) is 4.88. The summed E-state index contributed by atoms with van der Waals surface area (Å²) in [7, 11) is 0. The van der Waals surface area contributed by atoms with Gasteiger partial charge in [0.1, 0.15) is 6.61 Å². The normalized spacial score (nSPS) is 18.9. The molecular weight excluding hydrogens is 252 g/mol. The molecule has 1 unspecified atom stereocenters. The second kappa shape index (κ2) is 5.02. The maximum Gasteiger partial charge on any atom is 0.192 e. The smallest absolute Gasteiger partial charge is 0.192 e. The fourth-order valence-electron chi connectivity index (χ4n) is 2.46. The lowest BCUT2D eigenvalue weighted by atomic mass is 9.93. The number of ether oxygens (including phenoxy) is 1. The van der Waals surface area contributed by atoms with E-state index in [1.807, 2.05) is 36.4 Å². The van der Waals surface area contributed by atoms with Crippen LogP contribution in [0, 0.1) is 0 Å². The molecule has 2 aromatic rings. The van der Waals surface area contributed by atoms with Gasteiger partial charge >= 0.3 is 0 Å². The number of benzene rings is 2. The van der Waals surface area contributed by atoms with Crippen LogP contribution in [0.15, 0.2) is 54.1 Å². The van der Waals surface area contributed by atoms with Gasteiger partial charge in [0.05, 0.1) is 6.10 Å². The number of hydrogen-bond donors (Lipinski definition) is 0. The molecule has 1 aliphatic heterocycles. The Labute approximate surface area is 116 Å². The van der Waals surface area contributed by atoms with Gasteiger partial charge in [0.15, 0.2) is 11.6 Å². The van der Waals surface area contributed by atoms with Crippen molar-refractivity contribution < 1.29 is 14.3 Å². The molecule has 3 rings (SSSR count). The quantitative estimate of drug-likeness (QED) is 0.785. The third kappa shape index (κ3) is 2.17. The van der Waals surface area contributed by atoms with E-state index in [9.17, 15) is 9.59 Å². The van der Waals surface area contributed by atoms with Crippen molar-refractivity contribution in [2.75, 3.05) is 6.61 Å². The molecule has 3 heteroatoms. The third-order valence-electron chi connectivity index (χ3n) is 3.53. The van der Waals surface area contributed by atoms with E-state index in [0.717, 1.165) is 10.8 Å². The predicted molar refractivity (Wildman–Crippen MR) is 76.8 cm³/mol. The summed E-state index contributed by atoms with van der Waals surface area (Å²) in [6.07, 6.45) is 1.07. The third-order valence-corrected chi connectivity index (χ3v) is 3.53. The molecule has 0 fully saturated rings. The molecule has 0 bridgehead atoms. The van der Waals surface area contributed by atoms with Crippen molar-refractivity contribution in [3.8, 4) is 0 Å². The molecule has 0 saturated heterocycles. The van der Waals surface area contributed by atoms with Gasteiger partial charge in [0, 0.05) is 11.1 Å². The second-order valence-electron chi connectivity index (χ2n) is 4.88. The molecule has 0 saturated carbocycles. The van der Waals surface area contributed by atoms with Crippen LogP contribution in [0.2, 0.25) is 0 Å². The summed E-state index contributed by atoms with van der Waals surface area (Å²) in [5.41, 5.74) is 1.04. The maximum atomic E-state index is 12.7. The zero-order valence-corrected chi connectivity index (χ0v) is 11.1. The summed E-state index contributed by atoms with van der Waals surface area (Å²) < 4.78 is 5.32. The fraction of sp³-hybridized carbons (Fsp3) is 0.176. The summed E-state index contributed by atoms with van der Waals surface area (Å²) >= 11 is 0. The topological polar surface area (TPSA) is 43.4 Å². The highest BCUT2D eigenvalue weighted by Crippen LogP contribution is 2.24. The highest BCUT2D eigenvalue weighted by Gasteiger charge is 2.25. The Bertz CT molecular complexity index is 723. The molecule has 1 aliphatic rings. The first-order valence-electron chi connectivity index (χ1n) is 6.55. The Morgan fingerprint density at radius 3 is 2.75 bits per heavy atom. The van der Waals surface area contributed by atoms with E-state index in [2.05, 4.69) is 0 Å². The predicted octanol–water partition coefficient (Wildman–Crippen LogP) is 2.94. The summed E-state index contributed by atoms with van der Waals surface area (Å²) in [6, 6.07) is 13.3. The number of fused-ring (bicyclic) bond motifs is 1. The molecule has 20 heavy (non-hydrogen) atoms. The Morgan fingerprint density at radius 2 is 1.90 bits per heavy atom. The van der Waals surface area contributed by atoms with Crippen LogP contribution in [0.5, 0.6) is 0 Å². The Kier molecular flexibility index (Phi) is 3.20. The minimum Gasteiger partial charge on any atom is -0.366 e.